The number of rotatable bonds is 7. The number of carbonyl (C=O) groups excluding carboxylic acids is 1. The topological polar surface area (TPSA) is 114 Å². The molecule has 138 valence electrons. The summed E-state index contributed by atoms with van der Waals surface area (Å²) in [5, 5.41) is 4.06. The third kappa shape index (κ3) is 5.14. The Labute approximate surface area is 153 Å². The van der Waals surface area contributed by atoms with E-state index in [9.17, 15) is 13.2 Å². The van der Waals surface area contributed by atoms with Gasteiger partial charge in [0.2, 0.25) is 10.0 Å². The van der Waals surface area contributed by atoms with Gasteiger partial charge in [-0.1, -0.05) is 19.1 Å². The molecule has 0 fully saturated rings. The molecule has 0 bridgehead atoms. The zero-order valence-electron chi connectivity index (χ0n) is 14.7. The number of hydrogen-bond acceptors (Lipinski definition) is 5. The summed E-state index contributed by atoms with van der Waals surface area (Å²) in [6, 6.07) is 12.8. The molecule has 7 nitrogen and oxygen atoms in total. The third-order valence-electron chi connectivity index (χ3n) is 3.62. The number of nitrogens with one attached hydrogen (secondary N) is 2. The number of hydrazone groups is 1. The second kappa shape index (κ2) is 8.59. The molecular formula is C18H22N4O3S. The van der Waals surface area contributed by atoms with Crippen LogP contribution in [0, 0.1) is 0 Å². The Morgan fingerprint density at radius 2 is 1.62 bits per heavy atom. The van der Waals surface area contributed by atoms with Gasteiger partial charge in [-0.05, 0) is 55.3 Å². The number of nitrogen functional groups attached to an aromatic ring is 1. The molecule has 8 heteroatoms. The summed E-state index contributed by atoms with van der Waals surface area (Å²) in [6.07, 6.45) is 0.719. The Morgan fingerprint density at radius 3 is 2.19 bits per heavy atom. The van der Waals surface area contributed by atoms with Gasteiger partial charge in [-0.3, -0.25) is 4.79 Å². The van der Waals surface area contributed by atoms with Crippen molar-refractivity contribution in [2.24, 2.45) is 5.10 Å². The van der Waals surface area contributed by atoms with Crippen LogP contribution in [-0.2, 0) is 10.0 Å². The normalized spacial score (nSPS) is 12.0. The lowest BCUT2D eigenvalue weighted by Crippen LogP contribution is -2.24. The molecule has 0 radical (unpaired) electrons. The fraction of sp³-hybridized carbons (Fsp3) is 0.222. The number of sulfonamides is 1. The highest BCUT2D eigenvalue weighted by atomic mass is 32.2. The number of nitrogens with two attached hydrogens (primary N) is 1. The molecule has 1 amide bonds. The van der Waals surface area contributed by atoms with Crippen LogP contribution in [0.5, 0.6) is 0 Å². The van der Waals surface area contributed by atoms with Gasteiger partial charge < -0.3 is 5.73 Å². The lowest BCUT2D eigenvalue weighted by molar-refractivity contribution is 0.0955. The summed E-state index contributed by atoms with van der Waals surface area (Å²) >= 11 is 0. The van der Waals surface area contributed by atoms with Crippen LogP contribution >= 0.6 is 0 Å². The van der Waals surface area contributed by atoms with E-state index >= 15 is 0 Å². The van der Waals surface area contributed by atoms with Crippen molar-refractivity contribution in [3.63, 3.8) is 0 Å². The lowest BCUT2D eigenvalue weighted by Gasteiger charge is -2.07. The van der Waals surface area contributed by atoms with Crippen molar-refractivity contribution in [2.45, 2.75) is 25.2 Å². The van der Waals surface area contributed by atoms with E-state index in [1.165, 1.54) is 12.1 Å². The van der Waals surface area contributed by atoms with E-state index in [1.807, 2.05) is 6.92 Å². The van der Waals surface area contributed by atoms with E-state index in [1.54, 1.807) is 43.3 Å². The van der Waals surface area contributed by atoms with Crippen LogP contribution in [0.3, 0.4) is 0 Å². The number of amides is 1. The van der Waals surface area contributed by atoms with Crippen LogP contribution in [-0.4, -0.2) is 26.6 Å². The SMILES string of the molecule is CCCNS(=O)(=O)c1ccc(/C(C)=N\NC(=O)c2ccc(N)cc2)cc1. The average Bonchev–Trinajstić information content (AvgIpc) is 2.65. The fourth-order valence-electron chi connectivity index (χ4n) is 2.09. The summed E-state index contributed by atoms with van der Waals surface area (Å²) in [7, 11) is -3.50. The first-order valence-corrected chi connectivity index (χ1v) is 9.62. The smallest absolute Gasteiger partial charge is 0.271 e. The maximum atomic E-state index is 12.1. The number of hydrogen-bond donors (Lipinski definition) is 3. The number of nitrogens with zero attached hydrogens (tertiary/aromatic N) is 1. The van der Waals surface area contributed by atoms with E-state index in [-0.39, 0.29) is 10.8 Å². The molecule has 0 heterocycles. The summed E-state index contributed by atoms with van der Waals surface area (Å²) in [5.74, 6) is -0.354. The summed E-state index contributed by atoms with van der Waals surface area (Å²) in [6.45, 7) is 4.01. The van der Waals surface area contributed by atoms with Crippen molar-refractivity contribution < 1.29 is 13.2 Å². The Hall–Kier alpha value is -2.71. The largest absolute Gasteiger partial charge is 0.399 e. The van der Waals surface area contributed by atoms with Gasteiger partial charge >= 0.3 is 0 Å². The van der Waals surface area contributed by atoms with Crippen LogP contribution < -0.4 is 15.9 Å². The van der Waals surface area contributed by atoms with Crippen LogP contribution in [0.1, 0.15) is 36.2 Å². The third-order valence-corrected chi connectivity index (χ3v) is 5.10. The maximum absolute atomic E-state index is 12.1. The van der Waals surface area contributed by atoms with E-state index in [2.05, 4.69) is 15.2 Å². The Bertz CT molecular complexity index is 889. The Morgan fingerprint density at radius 1 is 1.04 bits per heavy atom. The van der Waals surface area contributed by atoms with Crippen molar-refractivity contribution in [3.8, 4) is 0 Å². The standard InChI is InChI=1S/C18H22N4O3S/c1-3-12-20-26(24,25)17-10-6-14(7-11-17)13(2)21-22-18(23)15-4-8-16(19)9-5-15/h4-11,20H,3,12,19H2,1-2H3,(H,22,23)/b21-13-. The zero-order valence-corrected chi connectivity index (χ0v) is 15.5. The van der Waals surface area contributed by atoms with Gasteiger partial charge in [0, 0.05) is 17.8 Å². The highest BCUT2D eigenvalue weighted by molar-refractivity contribution is 7.89. The molecule has 0 saturated carbocycles. The zero-order chi connectivity index (χ0) is 19.2. The molecule has 0 aliphatic carbocycles. The highest BCUT2D eigenvalue weighted by Crippen LogP contribution is 2.11. The molecule has 2 rings (SSSR count). The van der Waals surface area contributed by atoms with Crippen LogP contribution in [0.15, 0.2) is 58.5 Å². The Balaban J connectivity index is 2.07. The molecule has 2 aromatic rings. The van der Waals surface area contributed by atoms with E-state index in [0.717, 1.165) is 6.42 Å². The molecule has 0 aliphatic heterocycles. The fourth-order valence-corrected chi connectivity index (χ4v) is 3.23. The first kappa shape index (κ1) is 19.6. The lowest BCUT2D eigenvalue weighted by atomic mass is 10.1. The highest BCUT2D eigenvalue weighted by Gasteiger charge is 2.13. The van der Waals surface area contributed by atoms with Crippen LogP contribution in [0.2, 0.25) is 0 Å². The predicted molar refractivity (Wildman–Crippen MR) is 102 cm³/mol. The van der Waals surface area contributed by atoms with Crippen molar-refractivity contribution in [2.75, 3.05) is 12.3 Å². The van der Waals surface area contributed by atoms with E-state index < -0.39 is 10.0 Å². The van der Waals surface area contributed by atoms with Crippen molar-refractivity contribution >= 4 is 27.3 Å². The molecule has 0 unspecified atom stereocenters. The molecule has 2 aromatic carbocycles. The van der Waals surface area contributed by atoms with Crippen molar-refractivity contribution in [3.05, 3.63) is 59.7 Å². The van der Waals surface area contributed by atoms with Crippen LogP contribution in [0.4, 0.5) is 5.69 Å². The predicted octanol–water partition coefficient (Wildman–Crippen LogP) is 2.11. The number of carbonyl (C=O) groups is 1. The molecule has 0 aromatic heterocycles. The quantitative estimate of drug-likeness (QED) is 0.391. The second-order valence-corrected chi connectivity index (χ2v) is 7.45. The molecule has 0 saturated heterocycles. The number of anilines is 1. The Kier molecular flexibility index (Phi) is 6.48. The van der Waals surface area contributed by atoms with E-state index in [0.29, 0.717) is 29.1 Å². The second-order valence-electron chi connectivity index (χ2n) is 5.68. The molecule has 0 atom stereocenters. The van der Waals surface area contributed by atoms with Crippen molar-refractivity contribution in [1.29, 1.82) is 0 Å². The van der Waals surface area contributed by atoms with Gasteiger partial charge in [0.05, 0.1) is 10.6 Å². The molecule has 0 spiro atoms. The average molecular weight is 374 g/mol. The first-order valence-electron chi connectivity index (χ1n) is 8.13. The van der Waals surface area contributed by atoms with Crippen LogP contribution in [0.25, 0.3) is 0 Å². The molecule has 0 aliphatic rings. The first-order chi connectivity index (χ1) is 12.3. The van der Waals surface area contributed by atoms with Gasteiger partial charge in [-0.15, -0.1) is 0 Å². The molecule has 26 heavy (non-hydrogen) atoms. The van der Waals surface area contributed by atoms with Gasteiger partial charge in [-0.25, -0.2) is 18.6 Å². The van der Waals surface area contributed by atoms with Gasteiger partial charge in [0.25, 0.3) is 5.91 Å². The number of benzene rings is 2. The monoisotopic (exact) mass is 374 g/mol. The minimum absolute atomic E-state index is 0.188. The van der Waals surface area contributed by atoms with Gasteiger partial charge in [0.1, 0.15) is 0 Å². The van der Waals surface area contributed by atoms with E-state index in [4.69, 9.17) is 5.73 Å². The summed E-state index contributed by atoms with van der Waals surface area (Å²) in [4.78, 5) is 12.2. The summed E-state index contributed by atoms with van der Waals surface area (Å²) in [5.41, 5.74) is 10.3. The van der Waals surface area contributed by atoms with Gasteiger partial charge in [0.15, 0.2) is 0 Å². The van der Waals surface area contributed by atoms with Gasteiger partial charge in [-0.2, -0.15) is 5.10 Å². The molecular weight excluding hydrogens is 352 g/mol. The minimum atomic E-state index is -3.50. The summed E-state index contributed by atoms with van der Waals surface area (Å²) < 4.78 is 26.6. The van der Waals surface area contributed by atoms with Crippen molar-refractivity contribution in [1.82, 2.24) is 10.1 Å². The molecule has 4 N–H and O–H groups in total. The minimum Gasteiger partial charge on any atom is -0.399 e. The maximum Gasteiger partial charge on any atom is 0.271 e.